The molecule has 5 rings (SSSR count). The zero-order valence-corrected chi connectivity index (χ0v) is 23.7. The molecular formula is C31H30BrNO6. The summed E-state index contributed by atoms with van der Waals surface area (Å²) in [5, 5.41) is 0.402. The molecule has 2 heterocycles. The summed E-state index contributed by atoms with van der Waals surface area (Å²) in [6, 6.07) is 17.3. The van der Waals surface area contributed by atoms with Gasteiger partial charge in [0.05, 0.1) is 36.8 Å². The van der Waals surface area contributed by atoms with Crippen LogP contribution in [0.25, 0.3) is 11.0 Å². The molecule has 0 saturated heterocycles. The molecule has 0 bridgehead atoms. The highest BCUT2D eigenvalue weighted by Crippen LogP contribution is 2.43. The number of carbonyl (C=O) groups excluding carboxylic acids is 1. The molecule has 0 N–H and O–H groups in total. The molecule has 1 unspecified atom stereocenters. The van der Waals surface area contributed by atoms with Gasteiger partial charge in [-0.1, -0.05) is 35.3 Å². The first-order valence-corrected chi connectivity index (χ1v) is 14.0. The molecule has 1 aromatic heterocycles. The lowest BCUT2D eigenvalue weighted by atomic mass is 9.97. The Balaban J connectivity index is 1.69. The average Bonchev–Trinajstić information content (AvgIpc) is 3.23. The molecule has 0 saturated carbocycles. The average molecular weight is 592 g/mol. The number of unbranched alkanes of at least 4 members (excludes halogenated alkanes) is 1. The molecule has 0 spiro atoms. The van der Waals surface area contributed by atoms with Crippen molar-refractivity contribution in [1.29, 1.82) is 0 Å². The molecule has 0 aliphatic carbocycles. The Morgan fingerprint density at radius 2 is 1.64 bits per heavy atom. The largest absolute Gasteiger partial charge is 0.494 e. The van der Waals surface area contributed by atoms with Gasteiger partial charge in [0.2, 0.25) is 5.76 Å². The minimum absolute atomic E-state index is 0.0370. The Kier molecular flexibility index (Phi) is 7.93. The van der Waals surface area contributed by atoms with Gasteiger partial charge in [-0.05, 0) is 80.4 Å². The molecule has 0 radical (unpaired) electrons. The van der Waals surface area contributed by atoms with Gasteiger partial charge >= 0.3 is 0 Å². The van der Waals surface area contributed by atoms with Crippen LogP contribution in [-0.4, -0.2) is 25.7 Å². The van der Waals surface area contributed by atoms with Gasteiger partial charge in [0.15, 0.2) is 16.9 Å². The molecule has 0 fully saturated rings. The van der Waals surface area contributed by atoms with Gasteiger partial charge < -0.3 is 18.6 Å². The Morgan fingerprint density at radius 1 is 0.872 bits per heavy atom. The molecule has 39 heavy (non-hydrogen) atoms. The van der Waals surface area contributed by atoms with Crippen LogP contribution in [-0.2, 0) is 0 Å². The molecule has 7 nitrogen and oxygen atoms in total. The van der Waals surface area contributed by atoms with Crippen molar-refractivity contribution in [3.05, 3.63) is 92.2 Å². The lowest BCUT2D eigenvalue weighted by Gasteiger charge is -2.26. The molecule has 1 atom stereocenters. The molecule has 1 aliphatic heterocycles. The fraction of sp³-hybridized carbons (Fsp3) is 0.290. The molecule has 4 aromatic rings. The van der Waals surface area contributed by atoms with Crippen LogP contribution < -0.4 is 24.5 Å². The molecule has 8 heteroatoms. The standard InChI is InChI=1S/C31H30BrNO6/c1-4-7-16-38-25-14-8-19(17-26(25)37-6-3)28-27-29(34)23-18-20(32)9-15-24(23)39-30(27)31(35)33(28)21-10-12-22(13-11-21)36-5-2/h8-15,17-18,28H,4-7,16H2,1-3H3. The van der Waals surface area contributed by atoms with Gasteiger partial charge in [-0.3, -0.25) is 14.5 Å². The monoisotopic (exact) mass is 591 g/mol. The third-order valence-corrected chi connectivity index (χ3v) is 7.09. The number of nitrogens with zero attached hydrogens (tertiary/aromatic N) is 1. The van der Waals surface area contributed by atoms with Crippen LogP contribution in [0, 0.1) is 0 Å². The summed E-state index contributed by atoms with van der Waals surface area (Å²) in [7, 11) is 0. The predicted octanol–water partition coefficient (Wildman–Crippen LogP) is 7.28. The number of ether oxygens (including phenoxy) is 3. The smallest absolute Gasteiger partial charge is 0.295 e. The number of hydrogen-bond donors (Lipinski definition) is 0. The van der Waals surface area contributed by atoms with Crippen LogP contribution in [0.3, 0.4) is 0 Å². The lowest BCUT2D eigenvalue weighted by Crippen LogP contribution is -2.29. The zero-order chi connectivity index (χ0) is 27.5. The second kappa shape index (κ2) is 11.5. The number of benzene rings is 3. The van der Waals surface area contributed by atoms with E-state index >= 15 is 0 Å². The summed E-state index contributed by atoms with van der Waals surface area (Å²) in [5.74, 6) is 1.53. The second-order valence-corrected chi connectivity index (χ2v) is 10.1. The van der Waals surface area contributed by atoms with E-state index in [1.54, 1.807) is 23.1 Å². The molecule has 3 aromatic carbocycles. The maximum absolute atomic E-state index is 13.9. The van der Waals surface area contributed by atoms with Crippen LogP contribution in [0.2, 0.25) is 0 Å². The van der Waals surface area contributed by atoms with Crippen molar-refractivity contribution in [2.75, 3.05) is 24.7 Å². The van der Waals surface area contributed by atoms with E-state index in [-0.39, 0.29) is 17.1 Å². The van der Waals surface area contributed by atoms with Gasteiger partial charge in [-0.15, -0.1) is 0 Å². The van der Waals surface area contributed by atoms with E-state index in [0.717, 1.165) is 17.3 Å². The minimum Gasteiger partial charge on any atom is -0.494 e. The number of hydrogen-bond acceptors (Lipinski definition) is 6. The van der Waals surface area contributed by atoms with Gasteiger partial charge in [0, 0.05) is 10.2 Å². The highest BCUT2D eigenvalue weighted by molar-refractivity contribution is 9.10. The Bertz CT molecular complexity index is 1560. The van der Waals surface area contributed by atoms with Crippen molar-refractivity contribution < 1.29 is 23.4 Å². The fourth-order valence-corrected chi connectivity index (χ4v) is 5.17. The number of rotatable bonds is 10. The number of carbonyl (C=O) groups is 1. The highest BCUT2D eigenvalue weighted by Gasteiger charge is 2.44. The maximum Gasteiger partial charge on any atom is 0.295 e. The topological polar surface area (TPSA) is 78.2 Å². The summed E-state index contributed by atoms with van der Waals surface area (Å²) in [6.45, 7) is 7.47. The van der Waals surface area contributed by atoms with E-state index in [0.29, 0.717) is 64.9 Å². The molecule has 1 amide bonds. The van der Waals surface area contributed by atoms with E-state index in [4.69, 9.17) is 18.6 Å². The second-order valence-electron chi connectivity index (χ2n) is 9.16. The van der Waals surface area contributed by atoms with Gasteiger partial charge in [0.1, 0.15) is 11.3 Å². The number of amides is 1. The minimum atomic E-state index is -0.728. The Morgan fingerprint density at radius 3 is 2.36 bits per heavy atom. The molecule has 1 aliphatic rings. The first-order valence-electron chi connectivity index (χ1n) is 13.2. The number of anilines is 1. The lowest BCUT2D eigenvalue weighted by molar-refractivity contribution is 0.0971. The summed E-state index contributed by atoms with van der Waals surface area (Å²) in [4.78, 5) is 29.4. The quantitative estimate of drug-likeness (QED) is 0.180. The first kappa shape index (κ1) is 26.8. The molecular weight excluding hydrogens is 562 g/mol. The van der Waals surface area contributed by atoms with Crippen LogP contribution in [0.4, 0.5) is 5.69 Å². The summed E-state index contributed by atoms with van der Waals surface area (Å²) < 4.78 is 24.3. The zero-order valence-electron chi connectivity index (χ0n) is 22.2. The van der Waals surface area contributed by atoms with Crippen molar-refractivity contribution in [2.45, 2.75) is 39.7 Å². The van der Waals surface area contributed by atoms with E-state index < -0.39 is 6.04 Å². The maximum atomic E-state index is 13.9. The first-order chi connectivity index (χ1) is 19.0. The van der Waals surface area contributed by atoms with E-state index in [9.17, 15) is 9.59 Å². The molecule has 202 valence electrons. The van der Waals surface area contributed by atoms with E-state index in [1.165, 1.54) is 0 Å². The van der Waals surface area contributed by atoms with Crippen molar-refractivity contribution in [2.24, 2.45) is 0 Å². The van der Waals surface area contributed by atoms with Crippen LogP contribution in [0.1, 0.15) is 61.3 Å². The summed E-state index contributed by atoms with van der Waals surface area (Å²) in [6.07, 6.45) is 1.94. The van der Waals surface area contributed by atoms with Gasteiger partial charge in [0.25, 0.3) is 5.91 Å². The summed E-state index contributed by atoms with van der Waals surface area (Å²) >= 11 is 3.45. The van der Waals surface area contributed by atoms with Crippen molar-refractivity contribution in [3.8, 4) is 17.2 Å². The van der Waals surface area contributed by atoms with E-state index in [1.807, 2.05) is 56.3 Å². The van der Waals surface area contributed by atoms with Crippen molar-refractivity contribution in [1.82, 2.24) is 0 Å². The third kappa shape index (κ3) is 5.13. The predicted molar refractivity (Wildman–Crippen MR) is 154 cm³/mol. The van der Waals surface area contributed by atoms with Gasteiger partial charge in [-0.25, -0.2) is 0 Å². The highest BCUT2D eigenvalue weighted by atomic mass is 79.9. The van der Waals surface area contributed by atoms with Crippen molar-refractivity contribution >= 4 is 38.5 Å². The Hall–Kier alpha value is -3.78. The SMILES string of the molecule is CCCCOc1ccc(C2c3c(oc4ccc(Br)cc4c3=O)C(=O)N2c2ccc(OCC)cc2)cc1OCC. The van der Waals surface area contributed by atoms with Crippen molar-refractivity contribution in [3.63, 3.8) is 0 Å². The van der Waals surface area contributed by atoms with Crippen LogP contribution >= 0.6 is 15.9 Å². The number of fused-ring (bicyclic) bond motifs is 2. The number of halogens is 1. The normalized spacial score (nSPS) is 14.5. The third-order valence-electron chi connectivity index (χ3n) is 6.60. The van der Waals surface area contributed by atoms with E-state index in [2.05, 4.69) is 22.9 Å². The summed E-state index contributed by atoms with van der Waals surface area (Å²) in [5.41, 5.74) is 1.73. The Labute approximate surface area is 235 Å². The van der Waals surface area contributed by atoms with Crippen LogP contribution in [0.5, 0.6) is 17.2 Å². The fourth-order valence-electron chi connectivity index (χ4n) is 4.81. The van der Waals surface area contributed by atoms with Gasteiger partial charge in [-0.2, -0.15) is 0 Å². The van der Waals surface area contributed by atoms with Crippen LogP contribution in [0.15, 0.2) is 74.3 Å².